The average Bonchev–Trinajstić information content (AvgIpc) is 2.70. The molecular weight excluding hydrogens is 228 g/mol. The predicted octanol–water partition coefficient (Wildman–Crippen LogP) is -1.04. The molecule has 1 saturated heterocycles. The summed E-state index contributed by atoms with van der Waals surface area (Å²) in [6.45, 7) is 2.92. The molecule has 2 N–H and O–H groups in total. The molecule has 0 aliphatic carbocycles. The molecule has 1 fully saturated rings. The minimum Gasteiger partial charge on any atom is -0.355 e. The van der Waals surface area contributed by atoms with Gasteiger partial charge in [0, 0.05) is 25.7 Å². The van der Waals surface area contributed by atoms with Crippen LogP contribution in [0.5, 0.6) is 0 Å². The molecule has 2 rings (SSSR count). The lowest BCUT2D eigenvalue weighted by atomic mass is 10.1. The van der Waals surface area contributed by atoms with E-state index in [4.69, 9.17) is 0 Å². The molecule has 2 heterocycles. The highest BCUT2D eigenvalue weighted by Gasteiger charge is 2.25. The maximum absolute atomic E-state index is 11.3. The lowest BCUT2D eigenvalue weighted by Crippen LogP contribution is -2.48. The Morgan fingerprint density at radius 2 is 2.12 bits per heavy atom. The second-order valence-corrected chi connectivity index (χ2v) is 6.22. The highest BCUT2D eigenvalue weighted by atomic mass is 32.2. The van der Waals surface area contributed by atoms with Crippen molar-refractivity contribution in [3.63, 3.8) is 0 Å². The first-order chi connectivity index (χ1) is 7.55. The Morgan fingerprint density at radius 3 is 2.62 bits per heavy atom. The standard InChI is InChI=1S/C9H18N4O2S/c1-16(14,15)13-6-2-8(3-7-13)12-9-10-4-5-11-9/h8H,2-7H2,1H3,(H2,10,11,12). The van der Waals surface area contributed by atoms with Gasteiger partial charge in [-0.3, -0.25) is 4.99 Å². The van der Waals surface area contributed by atoms with Crippen LogP contribution in [-0.4, -0.2) is 57.2 Å². The van der Waals surface area contributed by atoms with Crippen LogP contribution in [0.1, 0.15) is 12.8 Å². The van der Waals surface area contributed by atoms with E-state index in [-0.39, 0.29) is 0 Å². The molecule has 0 radical (unpaired) electrons. The van der Waals surface area contributed by atoms with Crippen LogP contribution in [-0.2, 0) is 10.0 Å². The maximum atomic E-state index is 11.3. The van der Waals surface area contributed by atoms with Crippen LogP contribution < -0.4 is 10.6 Å². The van der Waals surface area contributed by atoms with Crippen LogP contribution in [0, 0.1) is 0 Å². The summed E-state index contributed by atoms with van der Waals surface area (Å²) in [5.41, 5.74) is 0. The molecule has 0 unspecified atom stereocenters. The quantitative estimate of drug-likeness (QED) is 0.653. The fourth-order valence-corrected chi connectivity index (χ4v) is 2.89. The monoisotopic (exact) mass is 246 g/mol. The van der Waals surface area contributed by atoms with Crippen molar-refractivity contribution in [3.8, 4) is 0 Å². The van der Waals surface area contributed by atoms with Crippen molar-refractivity contribution in [3.05, 3.63) is 0 Å². The third-order valence-corrected chi connectivity index (χ3v) is 4.24. The predicted molar refractivity (Wildman–Crippen MR) is 62.9 cm³/mol. The maximum Gasteiger partial charge on any atom is 0.211 e. The molecule has 92 valence electrons. The van der Waals surface area contributed by atoms with Gasteiger partial charge in [0.2, 0.25) is 10.0 Å². The van der Waals surface area contributed by atoms with Gasteiger partial charge in [0.05, 0.1) is 12.8 Å². The number of sulfonamides is 1. The van der Waals surface area contributed by atoms with Crippen LogP contribution in [0.15, 0.2) is 4.99 Å². The highest BCUT2D eigenvalue weighted by Crippen LogP contribution is 2.13. The van der Waals surface area contributed by atoms with Crippen LogP contribution in [0.2, 0.25) is 0 Å². The van der Waals surface area contributed by atoms with Gasteiger partial charge in [-0.25, -0.2) is 12.7 Å². The minimum absolute atomic E-state index is 0.336. The second-order valence-electron chi connectivity index (χ2n) is 4.24. The second kappa shape index (κ2) is 4.58. The number of nitrogens with zero attached hydrogens (tertiary/aromatic N) is 2. The largest absolute Gasteiger partial charge is 0.355 e. The van der Waals surface area contributed by atoms with Gasteiger partial charge in [-0.1, -0.05) is 0 Å². The van der Waals surface area contributed by atoms with Gasteiger partial charge in [-0.2, -0.15) is 0 Å². The molecule has 2 aliphatic rings. The topological polar surface area (TPSA) is 73.8 Å². The van der Waals surface area contributed by atoms with Crippen LogP contribution >= 0.6 is 0 Å². The van der Waals surface area contributed by atoms with Crippen molar-refractivity contribution in [2.24, 2.45) is 4.99 Å². The van der Waals surface area contributed by atoms with Crippen LogP contribution in [0.3, 0.4) is 0 Å². The number of guanidine groups is 1. The number of hydrogen-bond acceptors (Lipinski definition) is 5. The average molecular weight is 246 g/mol. The summed E-state index contributed by atoms with van der Waals surface area (Å²) in [6.07, 6.45) is 2.95. The fourth-order valence-electron chi connectivity index (χ4n) is 2.02. The van der Waals surface area contributed by atoms with E-state index in [0.29, 0.717) is 19.1 Å². The van der Waals surface area contributed by atoms with E-state index in [1.807, 2.05) is 0 Å². The van der Waals surface area contributed by atoms with E-state index in [9.17, 15) is 8.42 Å². The Labute approximate surface area is 96.2 Å². The Morgan fingerprint density at radius 1 is 1.44 bits per heavy atom. The van der Waals surface area contributed by atoms with Gasteiger partial charge in [-0.05, 0) is 12.8 Å². The number of hydrogen-bond donors (Lipinski definition) is 2. The Kier molecular flexibility index (Phi) is 3.34. The zero-order valence-electron chi connectivity index (χ0n) is 9.44. The molecule has 0 atom stereocenters. The summed E-state index contributed by atoms with van der Waals surface area (Å²) in [4.78, 5) is 4.26. The van der Waals surface area contributed by atoms with Crippen molar-refractivity contribution in [1.29, 1.82) is 0 Å². The molecule has 2 aliphatic heterocycles. The molecular formula is C9H18N4O2S. The van der Waals surface area contributed by atoms with E-state index in [2.05, 4.69) is 15.6 Å². The number of aliphatic imine (C=N–C) groups is 1. The third-order valence-electron chi connectivity index (χ3n) is 2.94. The molecule has 0 saturated carbocycles. The van der Waals surface area contributed by atoms with Crippen molar-refractivity contribution in [1.82, 2.24) is 14.9 Å². The molecule has 0 aromatic rings. The van der Waals surface area contributed by atoms with Gasteiger partial charge in [0.15, 0.2) is 5.96 Å². The van der Waals surface area contributed by atoms with Gasteiger partial charge >= 0.3 is 0 Å². The molecule has 0 aromatic carbocycles. The van der Waals surface area contributed by atoms with E-state index in [0.717, 1.165) is 31.9 Å². The molecule has 6 nitrogen and oxygen atoms in total. The minimum atomic E-state index is -3.02. The lowest BCUT2D eigenvalue weighted by molar-refractivity contribution is 0.308. The summed E-state index contributed by atoms with van der Waals surface area (Å²) in [7, 11) is -3.02. The Balaban J connectivity index is 1.81. The first kappa shape index (κ1) is 11.7. The molecule has 0 bridgehead atoms. The van der Waals surface area contributed by atoms with E-state index >= 15 is 0 Å². The Bertz CT molecular complexity index is 371. The van der Waals surface area contributed by atoms with Gasteiger partial charge < -0.3 is 10.6 Å². The Hall–Kier alpha value is -0.820. The summed E-state index contributed by atoms with van der Waals surface area (Å²) < 4.78 is 24.2. The summed E-state index contributed by atoms with van der Waals surface area (Å²) in [5, 5.41) is 6.46. The van der Waals surface area contributed by atoms with Crippen LogP contribution in [0.4, 0.5) is 0 Å². The highest BCUT2D eigenvalue weighted by molar-refractivity contribution is 7.88. The van der Waals surface area contributed by atoms with Gasteiger partial charge in [0.1, 0.15) is 0 Å². The fraction of sp³-hybridized carbons (Fsp3) is 0.889. The molecule has 0 amide bonds. The van der Waals surface area contributed by atoms with Crippen molar-refractivity contribution < 1.29 is 8.42 Å². The number of piperidine rings is 1. The molecule has 0 aromatic heterocycles. The SMILES string of the molecule is CS(=O)(=O)N1CCC(NC2=NCCN2)CC1. The zero-order valence-corrected chi connectivity index (χ0v) is 10.3. The summed E-state index contributed by atoms with van der Waals surface area (Å²) in [6, 6.07) is 0.336. The lowest BCUT2D eigenvalue weighted by Gasteiger charge is -2.31. The van der Waals surface area contributed by atoms with Gasteiger partial charge in [-0.15, -0.1) is 0 Å². The normalized spacial score (nSPS) is 23.9. The van der Waals surface area contributed by atoms with E-state index < -0.39 is 10.0 Å². The van der Waals surface area contributed by atoms with Gasteiger partial charge in [0.25, 0.3) is 0 Å². The molecule has 7 heteroatoms. The van der Waals surface area contributed by atoms with E-state index in [1.165, 1.54) is 10.6 Å². The van der Waals surface area contributed by atoms with Crippen molar-refractivity contribution in [2.45, 2.75) is 18.9 Å². The zero-order chi connectivity index (χ0) is 11.6. The van der Waals surface area contributed by atoms with Crippen LogP contribution in [0.25, 0.3) is 0 Å². The summed E-state index contributed by atoms with van der Waals surface area (Å²) in [5.74, 6) is 0.859. The first-order valence-corrected chi connectivity index (χ1v) is 7.40. The molecule has 16 heavy (non-hydrogen) atoms. The number of rotatable bonds is 2. The first-order valence-electron chi connectivity index (χ1n) is 5.56. The smallest absolute Gasteiger partial charge is 0.211 e. The molecule has 0 spiro atoms. The number of nitrogens with one attached hydrogen (secondary N) is 2. The summed E-state index contributed by atoms with van der Waals surface area (Å²) >= 11 is 0. The van der Waals surface area contributed by atoms with Crippen molar-refractivity contribution in [2.75, 3.05) is 32.4 Å². The third kappa shape index (κ3) is 2.85. The van der Waals surface area contributed by atoms with E-state index in [1.54, 1.807) is 0 Å². The van der Waals surface area contributed by atoms with Crippen molar-refractivity contribution >= 4 is 16.0 Å².